The molecular weight excluding hydrogens is 485 g/mol. The summed E-state index contributed by atoms with van der Waals surface area (Å²) in [6, 6.07) is 10.9. The molecule has 0 unspecified atom stereocenters. The molecule has 0 amide bonds. The third-order valence-corrected chi connectivity index (χ3v) is 8.61. The quantitative estimate of drug-likeness (QED) is 0.598. The third kappa shape index (κ3) is 5.29. The predicted octanol–water partition coefficient (Wildman–Crippen LogP) is 4.27. The Morgan fingerprint density at radius 1 is 1.06 bits per heavy atom. The van der Waals surface area contributed by atoms with Crippen LogP contribution in [0.1, 0.15) is 31.2 Å². The van der Waals surface area contributed by atoms with Crippen LogP contribution in [0.25, 0.3) is 0 Å². The highest BCUT2D eigenvalue weighted by atomic mass is 35.5. The first-order valence-corrected chi connectivity index (χ1v) is 13.1. The van der Waals surface area contributed by atoms with Crippen molar-refractivity contribution in [1.29, 1.82) is 5.26 Å². The van der Waals surface area contributed by atoms with E-state index < -0.39 is 10.0 Å². The number of hydrogen-bond acceptors (Lipinski definition) is 6. The molecule has 2 aromatic carbocycles. The number of sulfonamides is 1. The predicted molar refractivity (Wildman–Crippen MR) is 126 cm³/mol. The third-order valence-electron chi connectivity index (χ3n) is 6.20. The average molecular weight is 510 g/mol. The summed E-state index contributed by atoms with van der Waals surface area (Å²) in [5.41, 5.74) is 0.223. The van der Waals surface area contributed by atoms with Gasteiger partial charge in [-0.3, -0.25) is 4.90 Å². The van der Waals surface area contributed by atoms with Crippen LogP contribution >= 0.6 is 23.2 Å². The highest BCUT2D eigenvalue weighted by molar-refractivity contribution is 7.89. The number of ether oxygens (including phenoxy) is 1. The van der Waals surface area contributed by atoms with Crippen LogP contribution in [0.5, 0.6) is 11.5 Å². The fraction of sp³-hybridized carbons (Fsp3) is 0.435. The lowest BCUT2D eigenvalue weighted by atomic mass is 10.2. The maximum Gasteiger partial charge on any atom is 0.247 e. The van der Waals surface area contributed by atoms with E-state index in [1.807, 2.05) is 6.07 Å². The van der Waals surface area contributed by atoms with Gasteiger partial charge in [0.25, 0.3) is 0 Å². The minimum atomic E-state index is -3.96. The number of nitriles is 1. The fourth-order valence-corrected chi connectivity index (χ4v) is 6.96. The zero-order valence-corrected chi connectivity index (χ0v) is 20.3. The first kappa shape index (κ1) is 24.3. The topological polar surface area (TPSA) is 93.9 Å². The van der Waals surface area contributed by atoms with E-state index in [1.165, 1.54) is 22.5 Å². The van der Waals surface area contributed by atoms with Gasteiger partial charge in [0.2, 0.25) is 10.0 Å². The molecule has 0 aromatic heterocycles. The molecule has 2 aromatic rings. The molecule has 2 aliphatic heterocycles. The highest BCUT2D eigenvalue weighted by Gasteiger charge is 2.39. The summed E-state index contributed by atoms with van der Waals surface area (Å²) in [7, 11) is -3.96. The van der Waals surface area contributed by atoms with E-state index in [-0.39, 0.29) is 34.9 Å². The standard InChI is InChI=1S/C23H25Cl2N3O4S/c24-17-10-18(25)12-21(11-17)32-22-6-5-16(13-26)9-23(22)33(30,31)28-8-2-3-19(28)14-27-7-1-4-20(27)15-29/h5-6,9-12,19-20,29H,1-4,7-8,14-15H2/t19-,20-/m0/s1. The molecule has 0 aliphatic carbocycles. The normalized spacial score (nSPS) is 21.9. The minimum Gasteiger partial charge on any atom is -0.456 e. The number of nitrogens with zero attached hydrogens (tertiary/aromatic N) is 3. The lowest BCUT2D eigenvalue weighted by Crippen LogP contribution is -2.45. The second-order valence-corrected chi connectivity index (χ2v) is 11.1. The Labute approximate surface area is 204 Å². The molecule has 2 saturated heterocycles. The van der Waals surface area contributed by atoms with Crippen LogP contribution in [0.3, 0.4) is 0 Å². The van der Waals surface area contributed by atoms with Gasteiger partial charge >= 0.3 is 0 Å². The Hall–Kier alpha value is -1.86. The van der Waals surface area contributed by atoms with Crippen molar-refractivity contribution in [1.82, 2.24) is 9.21 Å². The van der Waals surface area contributed by atoms with Gasteiger partial charge in [-0.1, -0.05) is 23.2 Å². The molecule has 176 valence electrons. The van der Waals surface area contributed by atoms with Crippen LogP contribution in [0.4, 0.5) is 0 Å². The molecule has 0 radical (unpaired) electrons. The molecule has 33 heavy (non-hydrogen) atoms. The number of benzene rings is 2. The smallest absolute Gasteiger partial charge is 0.247 e. The van der Waals surface area contributed by atoms with Crippen LogP contribution < -0.4 is 4.74 Å². The summed E-state index contributed by atoms with van der Waals surface area (Å²) in [6.07, 6.45) is 3.40. The van der Waals surface area contributed by atoms with Crippen LogP contribution in [-0.4, -0.2) is 61.1 Å². The van der Waals surface area contributed by atoms with Crippen molar-refractivity contribution in [2.75, 3.05) is 26.2 Å². The van der Waals surface area contributed by atoms with Crippen molar-refractivity contribution >= 4 is 33.2 Å². The van der Waals surface area contributed by atoms with Gasteiger partial charge in [0.15, 0.2) is 0 Å². The number of rotatable bonds is 7. The van der Waals surface area contributed by atoms with E-state index in [1.54, 1.807) is 18.2 Å². The number of hydrogen-bond donors (Lipinski definition) is 1. The Balaban J connectivity index is 1.66. The maximum absolute atomic E-state index is 13.8. The molecule has 2 heterocycles. The Kier molecular flexibility index (Phi) is 7.49. The second-order valence-electron chi connectivity index (χ2n) is 8.37. The van der Waals surface area contributed by atoms with Gasteiger partial charge in [-0.25, -0.2) is 8.42 Å². The zero-order chi connectivity index (χ0) is 23.6. The van der Waals surface area contributed by atoms with Gasteiger partial charge in [-0.15, -0.1) is 0 Å². The number of aliphatic hydroxyl groups excluding tert-OH is 1. The summed E-state index contributed by atoms with van der Waals surface area (Å²) in [4.78, 5) is 2.11. The molecule has 0 spiro atoms. The summed E-state index contributed by atoms with van der Waals surface area (Å²) < 4.78 is 35.0. The first-order valence-electron chi connectivity index (χ1n) is 10.9. The molecule has 2 fully saturated rings. The second kappa shape index (κ2) is 10.2. The Morgan fingerprint density at radius 2 is 1.76 bits per heavy atom. The van der Waals surface area contributed by atoms with Gasteiger partial charge in [0.1, 0.15) is 16.4 Å². The van der Waals surface area contributed by atoms with Crippen molar-refractivity contribution in [3.05, 3.63) is 52.0 Å². The van der Waals surface area contributed by atoms with E-state index in [4.69, 9.17) is 27.9 Å². The van der Waals surface area contributed by atoms with E-state index >= 15 is 0 Å². The molecule has 4 rings (SSSR count). The number of likely N-dealkylation sites (tertiary alicyclic amines) is 1. The lowest BCUT2D eigenvalue weighted by Gasteiger charge is -2.31. The monoisotopic (exact) mass is 509 g/mol. The SMILES string of the molecule is N#Cc1ccc(Oc2cc(Cl)cc(Cl)c2)c(S(=O)(=O)N2CCC[C@H]2CN2CCC[C@H]2CO)c1. The van der Waals surface area contributed by atoms with E-state index in [2.05, 4.69) is 4.90 Å². The molecule has 1 N–H and O–H groups in total. The van der Waals surface area contributed by atoms with Crippen molar-refractivity contribution < 1.29 is 18.3 Å². The largest absolute Gasteiger partial charge is 0.456 e. The molecule has 2 aliphatic rings. The number of aliphatic hydroxyl groups is 1. The summed E-state index contributed by atoms with van der Waals surface area (Å²) in [6.45, 7) is 1.89. The fourth-order valence-electron chi connectivity index (χ4n) is 4.63. The van der Waals surface area contributed by atoms with E-state index in [0.29, 0.717) is 28.9 Å². The van der Waals surface area contributed by atoms with Crippen LogP contribution in [0, 0.1) is 11.3 Å². The van der Waals surface area contributed by atoms with Gasteiger partial charge in [-0.2, -0.15) is 9.57 Å². The molecule has 10 heteroatoms. The highest BCUT2D eigenvalue weighted by Crippen LogP contribution is 2.36. The zero-order valence-electron chi connectivity index (χ0n) is 18.0. The van der Waals surface area contributed by atoms with Crippen LogP contribution in [-0.2, 0) is 10.0 Å². The Bertz CT molecular complexity index is 1150. The van der Waals surface area contributed by atoms with Crippen LogP contribution in [0.2, 0.25) is 10.0 Å². The molecule has 0 saturated carbocycles. The van der Waals surface area contributed by atoms with Crippen molar-refractivity contribution in [2.24, 2.45) is 0 Å². The van der Waals surface area contributed by atoms with Crippen molar-refractivity contribution in [2.45, 2.75) is 42.7 Å². The Morgan fingerprint density at radius 3 is 2.45 bits per heavy atom. The average Bonchev–Trinajstić information content (AvgIpc) is 3.43. The van der Waals surface area contributed by atoms with Gasteiger partial charge < -0.3 is 9.84 Å². The summed E-state index contributed by atoms with van der Waals surface area (Å²) >= 11 is 12.1. The lowest BCUT2D eigenvalue weighted by molar-refractivity contribution is 0.140. The molecular formula is C23H25Cl2N3O4S. The minimum absolute atomic E-state index is 0.0651. The molecule has 7 nitrogen and oxygen atoms in total. The first-order chi connectivity index (χ1) is 15.8. The van der Waals surface area contributed by atoms with Crippen molar-refractivity contribution in [3.63, 3.8) is 0 Å². The van der Waals surface area contributed by atoms with Gasteiger partial charge in [0.05, 0.1) is 18.2 Å². The summed E-state index contributed by atoms with van der Waals surface area (Å²) in [5.74, 6) is 0.405. The van der Waals surface area contributed by atoms with E-state index in [9.17, 15) is 18.8 Å². The molecule has 0 bridgehead atoms. The maximum atomic E-state index is 13.8. The van der Waals surface area contributed by atoms with E-state index in [0.717, 1.165) is 32.2 Å². The van der Waals surface area contributed by atoms with Gasteiger partial charge in [0, 0.05) is 35.2 Å². The van der Waals surface area contributed by atoms with Crippen molar-refractivity contribution in [3.8, 4) is 17.6 Å². The van der Waals surface area contributed by atoms with Gasteiger partial charge in [-0.05, 0) is 68.6 Å². The summed E-state index contributed by atoms with van der Waals surface area (Å²) in [5, 5.41) is 19.7. The van der Waals surface area contributed by atoms with Crippen LogP contribution in [0.15, 0.2) is 41.3 Å². The molecule has 2 atom stereocenters. The number of halogens is 2.